The number of amides is 1. The van der Waals surface area contributed by atoms with Crippen LogP contribution in [0.15, 0.2) is 41.3 Å². The number of methoxy groups -OCH3 is 1. The average Bonchev–Trinajstić information content (AvgIpc) is 2.68. The van der Waals surface area contributed by atoms with Crippen molar-refractivity contribution in [3.05, 3.63) is 46.9 Å². The number of rotatable bonds is 6. The number of hydrogen-bond acceptors (Lipinski definition) is 5. The molecule has 3 rings (SSSR count). The second-order valence-electron chi connectivity index (χ2n) is 6.81. The Kier molecular flexibility index (Phi) is 6.11. The van der Waals surface area contributed by atoms with Crippen LogP contribution < -0.4 is 20.5 Å². The molecule has 1 aromatic carbocycles. The van der Waals surface area contributed by atoms with Crippen LogP contribution in [0, 0.1) is 5.92 Å². The average molecular weight is 370 g/mol. The molecule has 1 aromatic heterocycles. The first-order chi connectivity index (χ1) is 13.1. The lowest BCUT2D eigenvalue weighted by atomic mass is 9.94. The molecule has 1 aliphatic heterocycles. The van der Waals surface area contributed by atoms with E-state index in [-0.39, 0.29) is 17.4 Å². The minimum Gasteiger partial charge on any atom is -0.497 e. The summed E-state index contributed by atoms with van der Waals surface area (Å²) in [4.78, 5) is 26.6. The largest absolute Gasteiger partial charge is 0.497 e. The van der Waals surface area contributed by atoms with Gasteiger partial charge in [-0.3, -0.25) is 9.59 Å². The summed E-state index contributed by atoms with van der Waals surface area (Å²) < 4.78 is 6.62. The van der Waals surface area contributed by atoms with Gasteiger partial charge in [0, 0.05) is 43.9 Å². The number of hydrogen-bond donors (Lipinski definition) is 1. The number of nitrogens with one attached hydrogen (secondary N) is 1. The van der Waals surface area contributed by atoms with Gasteiger partial charge >= 0.3 is 0 Å². The summed E-state index contributed by atoms with van der Waals surface area (Å²) in [6.45, 7) is 4.09. The van der Waals surface area contributed by atoms with Gasteiger partial charge in [0.15, 0.2) is 0 Å². The fourth-order valence-corrected chi connectivity index (χ4v) is 3.48. The SMILES string of the molecule is CCn1ncc(N2CCC[C@H](CC(=O)Nc3cccc(OC)c3)C2)cc1=O. The lowest BCUT2D eigenvalue weighted by Crippen LogP contribution is -2.38. The van der Waals surface area contributed by atoms with Crippen LogP contribution in [0.5, 0.6) is 5.75 Å². The van der Waals surface area contributed by atoms with E-state index in [0.717, 1.165) is 37.3 Å². The Morgan fingerprint density at radius 3 is 2.96 bits per heavy atom. The quantitative estimate of drug-likeness (QED) is 0.846. The molecule has 0 spiro atoms. The Bertz CT molecular complexity index is 849. The molecule has 0 bridgehead atoms. The first kappa shape index (κ1) is 18.9. The molecule has 2 aromatic rings. The summed E-state index contributed by atoms with van der Waals surface area (Å²) in [7, 11) is 1.60. The first-order valence-electron chi connectivity index (χ1n) is 9.35. The van der Waals surface area contributed by atoms with Gasteiger partial charge in [-0.25, -0.2) is 4.68 Å². The Morgan fingerprint density at radius 2 is 2.22 bits per heavy atom. The van der Waals surface area contributed by atoms with E-state index < -0.39 is 0 Å². The standard InChI is InChI=1S/C20H26N4O3/c1-3-24-20(26)12-17(13-21-24)23-9-5-6-15(14-23)10-19(25)22-16-7-4-8-18(11-16)27-2/h4,7-8,11-13,15H,3,5-6,9-10,14H2,1-2H3,(H,22,25)/t15-/m1/s1. The molecule has 1 aliphatic rings. The highest BCUT2D eigenvalue weighted by Gasteiger charge is 2.23. The monoisotopic (exact) mass is 370 g/mol. The molecule has 0 aliphatic carbocycles. The third-order valence-corrected chi connectivity index (χ3v) is 4.87. The third kappa shape index (κ3) is 4.87. The molecule has 1 N–H and O–H groups in total. The molecular formula is C20H26N4O3. The Balaban J connectivity index is 1.60. The minimum absolute atomic E-state index is 0.00497. The molecule has 1 fully saturated rings. The van der Waals surface area contributed by atoms with Crippen molar-refractivity contribution in [2.24, 2.45) is 5.92 Å². The molecule has 0 unspecified atom stereocenters. The van der Waals surface area contributed by atoms with Gasteiger partial charge in [-0.2, -0.15) is 5.10 Å². The van der Waals surface area contributed by atoms with Crippen LogP contribution in [-0.4, -0.2) is 35.9 Å². The molecule has 1 amide bonds. The minimum atomic E-state index is -0.0899. The van der Waals surface area contributed by atoms with E-state index >= 15 is 0 Å². The summed E-state index contributed by atoms with van der Waals surface area (Å²) in [5, 5.41) is 7.14. The van der Waals surface area contributed by atoms with Crippen molar-refractivity contribution in [1.29, 1.82) is 0 Å². The second-order valence-corrected chi connectivity index (χ2v) is 6.81. The smallest absolute Gasteiger partial charge is 0.268 e. The fourth-order valence-electron chi connectivity index (χ4n) is 3.48. The number of carbonyl (C=O) groups is 1. The highest BCUT2D eigenvalue weighted by molar-refractivity contribution is 5.91. The van der Waals surface area contributed by atoms with E-state index in [0.29, 0.717) is 18.7 Å². The number of piperidine rings is 1. The molecule has 27 heavy (non-hydrogen) atoms. The van der Waals surface area contributed by atoms with Gasteiger partial charge in [-0.1, -0.05) is 6.07 Å². The van der Waals surface area contributed by atoms with Crippen molar-refractivity contribution < 1.29 is 9.53 Å². The number of carbonyl (C=O) groups excluding carboxylic acids is 1. The Morgan fingerprint density at radius 1 is 1.37 bits per heavy atom. The van der Waals surface area contributed by atoms with Gasteiger partial charge in [0.1, 0.15) is 5.75 Å². The van der Waals surface area contributed by atoms with Gasteiger partial charge in [-0.15, -0.1) is 0 Å². The highest BCUT2D eigenvalue weighted by Crippen LogP contribution is 2.24. The number of nitrogens with zero attached hydrogens (tertiary/aromatic N) is 3. The molecule has 7 heteroatoms. The normalized spacial score (nSPS) is 16.8. The fraction of sp³-hybridized carbons (Fsp3) is 0.450. The summed E-state index contributed by atoms with van der Waals surface area (Å²) >= 11 is 0. The van der Waals surface area contributed by atoms with E-state index in [9.17, 15) is 9.59 Å². The topological polar surface area (TPSA) is 76.5 Å². The van der Waals surface area contributed by atoms with Crippen molar-refractivity contribution in [2.75, 3.05) is 30.4 Å². The number of aromatic nitrogens is 2. The molecular weight excluding hydrogens is 344 g/mol. The van der Waals surface area contributed by atoms with E-state index in [4.69, 9.17) is 4.74 Å². The Labute approximate surface area is 158 Å². The maximum atomic E-state index is 12.4. The van der Waals surface area contributed by atoms with Crippen LogP contribution in [0.4, 0.5) is 11.4 Å². The molecule has 1 saturated heterocycles. The molecule has 2 heterocycles. The number of aryl methyl sites for hydroxylation is 1. The van der Waals surface area contributed by atoms with Crippen LogP contribution in [0.25, 0.3) is 0 Å². The lowest BCUT2D eigenvalue weighted by Gasteiger charge is -2.33. The van der Waals surface area contributed by atoms with Crippen LogP contribution in [0.3, 0.4) is 0 Å². The van der Waals surface area contributed by atoms with Crippen molar-refractivity contribution in [3.63, 3.8) is 0 Å². The summed E-state index contributed by atoms with van der Waals surface area (Å²) in [5.41, 5.74) is 1.48. The van der Waals surface area contributed by atoms with Gasteiger partial charge in [0.2, 0.25) is 5.91 Å². The van der Waals surface area contributed by atoms with E-state index in [1.165, 1.54) is 4.68 Å². The van der Waals surface area contributed by atoms with Crippen molar-refractivity contribution in [3.8, 4) is 5.75 Å². The van der Waals surface area contributed by atoms with Crippen molar-refractivity contribution in [1.82, 2.24) is 9.78 Å². The molecule has 1 atom stereocenters. The maximum Gasteiger partial charge on any atom is 0.268 e. The molecule has 0 radical (unpaired) electrons. The van der Waals surface area contributed by atoms with Crippen LogP contribution in [0.1, 0.15) is 26.2 Å². The van der Waals surface area contributed by atoms with Gasteiger partial charge in [0.05, 0.1) is 19.0 Å². The predicted molar refractivity (Wildman–Crippen MR) is 105 cm³/mol. The van der Waals surface area contributed by atoms with Crippen LogP contribution in [0.2, 0.25) is 0 Å². The maximum absolute atomic E-state index is 12.4. The van der Waals surface area contributed by atoms with Gasteiger partial charge < -0.3 is 15.0 Å². The Hall–Kier alpha value is -2.83. The summed E-state index contributed by atoms with van der Waals surface area (Å²) in [5.74, 6) is 0.957. The second kappa shape index (κ2) is 8.70. The van der Waals surface area contributed by atoms with Gasteiger partial charge in [-0.05, 0) is 37.8 Å². The van der Waals surface area contributed by atoms with E-state index in [2.05, 4.69) is 15.3 Å². The molecule has 0 saturated carbocycles. The predicted octanol–water partition coefficient (Wildman–Crippen LogP) is 2.52. The van der Waals surface area contributed by atoms with E-state index in [1.807, 2.05) is 25.1 Å². The summed E-state index contributed by atoms with van der Waals surface area (Å²) in [6, 6.07) is 8.98. The number of ether oxygens (including phenoxy) is 1. The van der Waals surface area contributed by atoms with Crippen molar-refractivity contribution >= 4 is 17.3 Å². The highest BCUT2D eigenvalue weighted by atomic mass is 16.5. The van der Waals surface area contributed by atoms with Gasteiger partial charge in [0.25, 0.3) is 5.56 Å². The number of anilines is 2. The zero-order valence-corrected chi connectivity index (χ0v) is 15.9. The third-order valence-electron chi connectivity index (χ3n) is 4.87. The van der Waals surface area contributed by atoms with Crippen LogP contribution >= 0.6 is 0 Å². The number of benzene rings is 1. The summed E-state index contributed by atoms with van der Waals surface area (Å²) in [6.07, 6.45) is 4.19. The molecule has 7 nitrogen and oxygen atoms in total. The molecule has 144 valence electrons. The zero-order valence-electron chi connectivity index (χ0n) is 15.9. The lowest BCUT2D eigenvalue weighted by molar-refractivity contribution is -0.117. The van der Waals surface area contributed by atoms with Crippen molar-refractivity contribution in [2.45, 2.75) is 32.7 Å². The van der Waals surface area contributed by atoms with Crippen LogP contribution in [-0.2, 0) is 11.3 Å². The van der Waals surface area contributed by atoms with E-state index in [1.54, 1.807) is 25.4 Å². The first-order valence-corrected chi connectivity index (χ1v) is 9.35. The zero-order chi connectivity index (χ0) is 19.2.